The number of benzene rings is 1. The smallest absolute Gasteiger partial charge is 0.410 e. The van der Waals surface area contributed by atoms with E-state index >= 15 is 0 Å². The van der Waals surface area contributed by atoms with E-state index in [-0.39, 0.29) is 17.4 Å². The summed E-state index contributed by atoms with van der Waals surface area (Å²) in [6.07, 6.45) is 3.55. The van der Waals surface area contributed by atoms with Crippen molar-refractivity contribution in [2.45, 2.75) is 56.8 Å². The average Bonchev–Trinajstić information content (AvgIpc) is 3.07. The highest BCUT2D eigenvalue weighted by atomic mass is 32.2. The van der Waals surface area contributed by atoms with Crippen LogP contribution in [0.5, 0.6) is 5.75 Å². The predicted molar refractivity (Wildman–Crippen MR) is 115 cm³/mol. The van der Waals surface area contributed by atoms with Gasteiger partial charge >= 0.3 is 12.1 Å². The maximum atomic E-state index is 12.7. The Hall–Kier alpha value is -2.15. The van der Waals surface area contributed by atoms with E-state index in [4.69, 9.17) is 14.2 Å². The minimum absolute atomic E-state index is 0.192. The van der Waals surface area contributed by atoms with E-state index in [2.05, 4.69) is 0 Å². The van der Waals surface area contributed by atoms with Crippen molar-refractivity contribution in [2.75, 3.05) is 20.3 Å². The van der Waals surface area contributed by atoms with Crippen LogP contribution < -0.4 is 4.74 Å². The Morgan fingerprint density at radius 1 is 1.24 bits per heavy atom. The topological polar surface area (TPSA) is 65.1 Å². The fraction of sp³-hybridized carbons (Fsp3) is 0.545. The Balaban J connectivity index is 2.02. The standard InChI is InChI=1S/C22H31NO5S/c1-6-27-20(24)12-9-17-13-19(14-23(17)21(25)28-22(2,3)4)29-15-16-7-10-18(26-5)11-8-16/h7-12,17,19H,6,13-15H2,1-5H3/t17-,19-/m1/s1. The molecule has 0 spiro atoms. The number of rotatable bonds is 7. The van der Waals surface area contributed by atoms with Gasteiger partial charge in [-0.05, 0) is 51.8 Å². The summed E-state index contributed by atoms with van der Waals surface area (Å²) in [5, 5.41) is 0.251. The van der Waals surface area contributed by atoms with Crippen molar-refractivity contribution in [3.05, 3.63) is 42.0 Å². The molecular weight excluding hydrogens is 390 g/mol. The van der Waals surface area contributed by atoms with E-state index < -0.39 is 11.6 Å². The second-order valence-corrected chi connectivity index (χ2v) is 9.12. The fourth-order valence-corrected chi connectivity index (χ4v) is 4.20. The van der Waals surface area contributed by atoms with Crippen molar-refractivity contribution in [3.63, 3.8) is 0 Å². The lowest BCUT2D eigenvalue weighted by Crippen LogP contribution is -2.39. The molecule has 0 aliphatic carbocycles. The molecule has 7 heteroatoms. The second-order valence-electron chi connectivity index (χ2n) is 7.83. The molecule has 0 unspecified atom stereocenters. The van der Waals surface area contributed by atoms with Crippen LogP contribution in [0.2, 0.25) is 0 Å². The Labute approximate surface area is 177 Å². The number of carbonyl (C=O) groups is 2. The lowest BCUT2D eigenvalue weighted by molar-refractivity contribution is -0.137. The zero-order valence-electron chi connectivity index (χ0n) is 17.8. The number of ether oxygens (including phenoxy) is 3. The number of amides is 1. The Morgan fingerprint density at radius 2 is 1.93 bits per heavy atom. The van der Waals surface area contributed by atoms with Crippen LogP contribution in [0, 0.1) is 0 Å². The van der Waals surface area contributed by atoms with E-state index in [0.29, 0.717) is 13.2 Å². The third-order valence-corrected chi connectivity index (χ3v) is 5.63. The molecule has 1 saturated heterocycles. The lowest BCUT2D eigenvalue weighted by atomic mass is 10.2. The summed E-state index contributed by atoms with van der Waals surface area (Å²) in [5.74, 6) is 1.27. The van der Waals surface area contributed by atoms with Gasteiger partial charge in [0, 0.05) is 23.6 Å². The van der Waals surface area contributed by atoms with Gasteiger partial charge in [0.15, 0.2) is 0 Å². The van der Waals surface area contributed by atoms with Crippen LogP contribution in [0.15, 0.2) is 36.4 Å². The van der Waals surface area contributed by atoms with Gasteiger partial charge in [0.25, 0.3) is 0 Å². The summed E-state index contributed by atoms with van der Waals surface area (Å²) in [6.45, 7) is 8.21. The number of hydrogen-bond acceptors (Lipinski definition) is 6. The summed E-state index contributed by atoms with van der Waals surface area (Å²) in [7, 11) is 1.65. The molecule has 1 amide bonds. The van der Waals surface area contributed by atoms with Crippen molar-refractivity contribution in [2.24, 2.45) is 0 Å². The highest BCUT2D eigenvalue weighted by Gasteiger charge is 2.36. The van der Waals surface area contributed by atoms with Crippen molar-refractivity contribution < 1.29 is 23.8 Å². The summed E-state index contributed by atoms with van der Waals surface area (Å²) >= 11 is 1.80. The van der Waals surface area contributed by atoms with E-state index in [1.165, 1.54) is 11.6 Å². The molecule has 0 radical (unpaired) electrons. The summed E-state index contributed by atoms with van der Waals surface area (Å²) < 4.78 is 15.7. The molecule has 29 heavy (non-hydrogen) atoms. The summed E-state index contributed by atoms with van der Waals surface area (Å²) in [5.41, 5.74) is 0.631. The summed E-state index contributed by atoms with van der Waals surface area (Å²) in [6, 6.07) is 7.79. The molecular formula is C22H31NO5S. The van der Waals surface area contributed by atoms with Crippen molar-refractivity contribution in [1.82, 2.24) is 4.90 Å². The van der Waals surface area contributed by atoms with Gasteiger partial charge in [-0.2, -0.15) is 11.8 Å². The Morgan fingerprint density at radius 3 is 2.52 bits per heavy atom. The van der Waals surface area contributed by atoms with Crippen molar-refractivity contribution in [1.29, 1.82) is 0 Å². The molecule has 6 nitrogen and oxygen atoms in total. The van der Waals surface area contributed by atoms with Crippen LogP contribution in [-0.4, -0.2) is 54.1 Å². The molecule has 0 aromatic heterocycles. The number of nitrogens with zero attached hydrogens (tertiary/aromatic N) is 1. The van der Waals surface area contributed by atoms with Gasteiger partial charge in [-0.25, -0.2) is 9.59 Å². The minimum Gasteiger partial charge on any atom is -0.497 e. The monoisotopic (exact) mass is 421 g/mol. The normalized spacial score (nSPS) is 19.4. The Kier molecular flexibility index (Phi) is 8.44. The van der Waals surface area contributed by atoms with Crippen LogP contribution in [0.25, 0.3) is 0 Å². The number of hydrogen-bond donors (Lipinski definition) is 0. The number of likely N-dealkylation sites (tertiary alicyclic amines) is 1. The highest BCUT2D eigenvalue weighted by Crippen LogP contribution is 2.32. The van der Waals surface area contributed by atoms with Crippen LogP contribution >= 0.6 is 11.8 Å². The van der Waals surface area contributed by atoms with E-state index in [9.17, 15) is 9.59 Å². The SMILES string of the molecule is CCOC(=O)C=C[C@@H]1C[C@@H](SCc2ccc(OC)cc2)CN1C(=O)OC(C)(C)C. The van der Waals surface area contributed by atoms with Gasteiger partial charge in [-0.15, -0.1) is 0 Å². The molecule has 2 atom stereocenters. The molecule has 1 aromatic rings. The second kappa shape index (κ2) is 10.6. The third-order valence-electron chi connectivity index (χ3n) is 4.32. The minimum atomic E-state index is -0.569. The zero-order chi connectivity index (χ0) is 21.4. The molecule has 1 heterocycles. The van der Waals surface area contributed by atoms with Gasteiger partial charge < -0.3 is 19.1 Å². The molecule has 1 aromatic carbocycles. The lowest BCUT2D eigenvalue weighted by Gasteiger charge is -2.27. The number of methoxy groups -OCH3 is 1. The van der Waals surface area contributed by atoms with Gasteiger partial charge in [0.05, 0.1) is 19.8 Å². The number of carbonyl (C=O) groups excluding carboxylic acids is 2. The maximum Gasteiger partial charge on any atom is 0.410 e. The number of thioether (sulfide) groups is 1. The van der Waals surface area contributed by atoms with Crippen molar-refractivity contribution >= 4 is 23.8 Å². The molecule has 1 aliphatic heterocycles. The first kappa shape index (κ1) is 23.1. The Bertz CT molecular complexity index is 711. The highest BCUT2D eigenvalue weighted by molar-refractivity contribution is 7.99. The maximum absolute atomic E-state index is 12.7. The quantitative estimate of drug-likeness (QED) is 0.479. The first-order valence-electron chi connectivity index (χ1n) is 9.81. The van der Waals surface area contributed by atoms with Crippen LogP contribution in [-0.2, 0) is 20.0 Å². The molecule has 0 N–H and O–H groups in total. The number of esters is 1. The molecule has 2 rings (SSSR count). The average molecular weight is 422 g/mol. The van der Waals surface area contributed by atoms with E-state index in [1.807, 2.05) is 45.0 Å². The first-order chi connectivity index (χ1) is 13.7. The fourth-order valence-electron chi connectivity index (χ4n) is 2.98. The van der Waals surface area contributed by atoms with Crippen molar-refractivity contribution in [3.8, 4) is 5.75 Å². The van der Waals surface area contributed by atoms with Crippen LogP contribution in [0.1, 0.15) is 39.7 Å². The van der Waals surface area contributed by atoms with Gasteiger partial charge in [0.2, 0.25) is 0 Å². The van der Waals surface area contributed by atoms with Gasteiger partial charge in [0.1, 0.15) is 11.4 Å². The molecule has 0 bridgehead atoms. The molecule has 1 aliphatic rings. The largest absolute Gasteiger partial charge is 0.497 e. The third kappa shape index (κ3) is 7.65. The van der Waals surface area contributed by atoms with Gasteiger partial charge in [-0.1, -0.05) is 18.2 Å². The van der Waals surface area contributed by atoms with Crippen LogP contribution in [0.4, 0.5) is 4.79 Å². The molecule has 160 valence electrons. The zero-order valence-corrected chi connectivity index (χ0v) is 18.7. The summed E-state index contributed by atoms with van der Waals surface area (Å²) in [4.78, 5) is 26.1. The van der Waals surface area contributed by atoms with Gasteiger partial charge in [-0.3, -0.25) is 0 Å². The first-order valence-corrected chi connectivity index (χ1v) is 10.9. The predicted octanol–water partition coefficient (Wildman–Crippen LogP) is 4.43. The molecule has 1 fully saturated rings. The van der Waals surface area contributed by atoms with E-state index in [1.54, 1.807) is 36.8 Å². The van der Waals surface area contributed by atoms with Crippen LogP contribution in [0.3, 0.4) is 0 Å². The van der Waals surface area contributed by atoms with E-state index in [0.717, 1.165) is 17.9 Å². The molecule has 0 saturated carbocycles.